The lowest BCUT2D eigenvalue weighted by Crippen LogP contribution is -2.55. The lowest BCUT2D eigenvalue weighted by molar-refractivity contribution is -0.150. The third kappa shape index (κ3) is 5.39. The van der Waals surface area contributed by atoms with E-state index in [9.17, 15) is 14.0 Å². The molecule has 158 valence electrons. The van der Waals surface area contributed by atoms with Crippen LogP contribution >= 0.6 is 11.6 Å². The largest absolute Gasteiger partial charge is 0.473 e. The van der Waals surface area contributed by atoms with Crippen LogP contribution in [0.1, 0.15) is 12.5 Å². The number of hydrogen-bond donors (Lipinski definition) is 0. The van der Waals surface area contributed by atoms with Gasteiger partial charge in [-0.2, -0.15) is 0 Å². The fraction of sp³-hybridized carbons (Fsp3) is 0.318. The second-order valence-corrected chi connectivity index (χ2v) is 7.17. The van der Waals surface area contributed by atoms with Gasteiger partial charge in [-0.1, -0.05) is 23.7 Å². The third-order valence-corrected chi connectivity index (χ3v) is 4.99. The molecule has 0 amide bonds. The summed E-state index contributed by atoms with van der Waals surface area (Å²) in [5.74, 6) is 1.62. The third-order valence-electron chi connectivity index (χ3n) is 4.74. The van der Waals surface area contributed by atoms with E-state index in [1.54, 1.807) is 48.2 Å². The molecule has 1 saturated heterocycles. The van der Waals surface area contributed by atoms with Crippen LogP contribution in [0.4, 0.5) is 4.39 Å². The Bertz CT molecular complexity index is 914. The number of carbonyl (C=O) groups is 1. The Kier molecular flexibility index (Phi) is 7.46. The number of carbonyl (C=O) groups excluding carboxylic acids is 2. The smallest absolute Gasteiger partial charge is 0.330 e. The SMILES string of the molecule is CCOC(=O)C1C(=C=O)N(COc2ccc(Cl)cc2)CCN1Cc1ccc(F)cc1. The number of benzene rings is 2. The molecule has 8 heteroatoms. The Balaban J connectivity index is 1.77. The van der Waals surface area contributed by atoms with Crippen LogP contribution in [0.3, 0.4) is 0 Å². The average molecular weight is 433 g/mol. The zero-order valence-corrected chi connectivity index (χ0v) is 17.3. The first kappa shape index (κ1) is 21.8. The molecule has 2 aromatic rings. The van der Waals surface area contributed by atoms with Crippen molar-refractivity contribution in [3.8, 4) is 5.75 Å². The maximum Gasteiger partial charge on any atom is 0.330 e. The van der Waals surface area contributed by atoms with Crippen molar-refractivity contribution in [2.24, 2.45) is 0 Å². The van der Waals surface area contributed by atoms with Gasteiger partial charge in [0.1, 0.15) is 23.2 Å². The van der Waals surface area contributed by atoms with Gasteiger partial charge in [0.15, 0.2) is 12.8 Å². The van der Waals surface area contributed by atoms with Gasteiger partial charge in [0.05, 0.1) is 6.61 Å². The first-order chi connectivity index (χ1) is 14.5. The minimum atomic E-state index is -0.921. The molecular weight excluding hydrogens is 411 g/mol. The van der Waals surface area contributed by atoms with E-state index >= 15 is 0 Å². The molecule has 3 rings (SSSR count). The van der Waals surface area contributed by atoms with Crippen LogP contribution in [0.2, 0.25) is 5.02 Å². The van der Waals surface area contributed by atoms with Crippen LogP contribution in [0.15, 0.2) is 54.2 Å². The van der Waals surface area contributed by atoms with Crippen LogP contribution in [-0.4, -0.2) is 54.2 Å². The molecule has 0 saturated carbocycles. The summed E-state index contributed by atoms with van der Waals surface area (Å²) in [7, 11) is 0. The lowest BCUT2D eigenvalue weighted by atomic mass is 10.1. The zero-order chi connectivity index (χ0) is 21.5. The van der Waals surface area contributed by atoms with Gasteiger partial charge in [-0.15, -0.1) is 0 Å². The molecule has 0 spiro atoms. The molecule has 0 bridgehead atoms. The highest BCUT2D eigenvalue weighted by Gasteiger charge is 2.39. The predicted molar refractivity (Wildman–Crippen MR) is 110 cm³/mol. The fourth-order valence-electron chi connectivity index (χ4n) is 3.26. The molecule has 6 nitrogen and oxygen atoms in total. The van der Waals surface area contributed by atoms with E-state index in [0.717, 1.165) is 5.56 Å². The number of ether oxygens (including phenoxy) is 2. The second-order valence-electron chi connectivity index (χ2n) is 6.73. The van der Waals surface area contributed by atoms with Crippen molar-refractivity contribution in [2.45, 2.75) is 19.5 Å². The van der Waals surface area contributed by atoms with Gasteiger partial charge in [0.2, 0.25) is 0 Å². The highest BCUT2D eigenvalue weighted by molar-refractivity contribution is 6.30. The van der Waals surface area contributed by atoms with E-state index in [4.69, 9.17) is 21.1 Å². The van der Waals surface area contributed by atoms with E-state index in [1.165, 1.54) is 12.1 Å². The number of hydrogen-bond acceptors (Lipinski definition) is 6. The molecule has 0 aliphatic carbocycles. The van der Waals surface area contributed by atoms with Crippen molar-refractivity contribution in [1.82, 2.24) is 9.80 Å². The van der Waals surface area contributed by atoms with Crippen molar-refractivity contribution in [3.63, 3.8) is 0 Å². The highest BCUT2D eigenvalue weighted by Crippen LogP contribution is 2.24. The van der Waals surface area contributed by atoms with Gasteiger partial charge in [0.25, 0.3) is 0 Å². The summed E-state index contributed by atoms with van der Waals surface area (Å²) < 4.78 is 24.2. The van der Waals surface area contributed by atoms with Crippen molar-refractivity contribution >= 4 is 23.5 Å². The average Bonchev–Trinajstić information content (AvgIpc) is 2.75. The summed E-state index contributed by atoms with van der Waals surface area (Å²) in [5, 5.41) is 0.590. The topological polar surface area (TPSA) is 59.1 Å². The quantitative estimate of drug-likeness (QED) is 0.494. The molecule has 1 heterocycles. The number of nitrogens with zero attached hydrogens (tertiary/aromatic N) is 2. The van der Waals surface area contributed by atoms with Gasteiger partial charge in [0, 0.05) is 24.7 Å². The molecule has 1 aliphatic heterocycles. The molecule has 1 aliphatic rings. The maximum absolute atomic E-state index is 13.2. The minimum Gasteiger partial charge on any atom is -0.473 e. The van der Waals surface area contributed by atoms with Gasteiger partial charge in [-0.05, 0) is 48.9 Å². The van der Waals surface area contributed by atoms with E-state index in [-0.39, 0.29) is 24.9 Å². The van der Waals surface area contributed by atoms with Crippen LogP contribution in [0.5, 0.6) is 5.75 Å². The first-order valence-corrected chi connectivity index (χ1v) is 9.93. The molecule has 1 unspecified atom stereocenters. The molecule has 1 atom stereocenters. The highest BCUT2D eigenvalue weighted by atomic mass is 35.5. The van der Waals surface area contributed by atoms with Crippen LogP contribution in [-0.2, 0) is 20.9 Å². The maximum atomic E-state index is 13.2. The van der Waals surface area contributed by atoms with Crippen LogP contribution in [0.25, 0.3) is 0 Å². The molecule has 1 fully saturated rings. The van der Waals surface area contributed by atoms with Gasteiger partial charge < -0.3 is 14.4 Å². The van der Waals surface area contributed by atoms with E-state index in [0.29, 0.717) is 30.4 Å². The number of halogens is 2. The van der Waals surface area contributed by atoms with Gasteiger partial charge >= 0.3 is 5.97 Å². The van der Waals surface area contributed by atoms with Gasteiger partial charge in [-0.3, -0.25) is 4.90 Å². The summed E-state index contributed by atoms with van der Waals surface area (Å²) >= 11 is 5.88. The van der Waals surface area contributed by atoms with Crippen LogP contribution in [0, 0.1) is 5.82 Å². The van der Waals surface area contributed by atoms with Crippen molar-refractivity contribution < 1.29 is 23.5 Å². The minimum absolute atomic E-state index is 0.0759. The van der Waals surface area contributed by atoms with Crippen molar-refractivity contribution in [2.75, 3.05) is 26.4 Å². The summed E-state index contributed by atoms with van der Waals surface area (Å²) in [6.07, 6.45) is 0. The Morgan fingerprint density at radius 2 is 1.87 bits per heavy atom. The standard InChI is InChI=1S/C22H22ClFN2O4/c1-2-29-22(28)21-20(14-27)26(15-30-19-9-5-17(23)6-10-19)12-11-25(21)13-16-3-7-18(24)8-4-16/h3-10,21H,2,11-13,15H2,1H3. The molecule has 2 aromatic carbocycles. The van der Waals surface area contributed by atoms with Crippen LogP contribution < -0.4 is 4.74 Å². The number of esters is 1. The van der Waals surface area contributed by atoms with E-state index in [1.807, 2.05) is 10.8 Å². The van der Waals surface area contributed by atoms with Crippen molar-refractivity contribution in [1.29, 1.82) is 0 Å². The summed E-state index contributed by atoms with van der Waals surface area (Å²) in [6, 6.07) is 12.0. The van der Waals surface area contributed by atoms with Gasteiger partial charge in [-0.25, -0.2) is 14.0 Å². The normalized spacial score (nSPS) is 16.8. The zero-order valence-electron chi connectivity index (χ0n) is 16.5. The summed E-state index contributed by atoms with van der Waals surface area (Å²) in [6.45, 7) is 3.27. The summed E-state index contributed by atoms with van der Waals surface area (Å²) in [5.41, 5.74) is 0.970. The second kappa shape index (κ2) is 10.3. The van der Waals surface area contributed by atoms with E-state index < -0.39 is 12.0 Å². The van der Waals surface area contributed by atoms with Crippen molar-refractivity contribution in [3.05, 3.63) is 70.6 Å². The van der Waals surface area contributed by atoms with E-state index in [2.05, 4.69) is 0 Å². The molecule has 0 radical (unpaired) electrons. The number of rotatable bonds is 7. The molecular formula is C22H22ClFN2O4. The predicted octanol–water partition coefficient (Wildman–Crippen LogP) is 3.28. The lowest BCUT2D eigenvalue weighted by Gasteiger charge is -2.40. The number of piperazine rings is 1. The summed E-state index contributed by atoms with van der Waals surface area (Å²) in [4.78, 5) is 28.0. The Morgan fingerprint density at radius 3 is 2.50 bits per heavy atom. The first-order valence-electron chi connectivity index (χ1n) is 9.55. The Labute approximate surface area is 179 Å². The molecule has 0 N–H and O–H groups in total. The Morgan fingerprint density at radius 1 is 1.17 bits per heavy atom. The monoisotopic (exact) mass is 432 g/mol. The fourth-order valence-corrected chi connectivity index (χ4v) is 3.38. The Hall–Kier alpha value is -2.86. The molecule has 0 aromatic heterocycles. The molecule has 30 heavy (non-hydrogen) atoms.